The smallest absolute Gasteiger partial charge is 0.268 e. The molecule has 2 N–H and O–H groups in total. The minimum atomic E-state index is -4.00. The van der Waals surface area contributed by atoms with Gasteiger partial charge in [-0.25, -0.2) is 12.4 Å². The van der Waals surface area contributed by atoms with Crippen molar-refractivity contribution >= 4 is 37.8 Å². The molecule has 1 aliphatic heterocycles. The quantitative estimate of drug-likeness (QED) is 0.670. The van der Waals surface area contributed by atoms with Crippen molar-refractivity contribution < 1.29 is 18.3 Å². The Morgan fingerprint density at radius 1 is 1.40 bits per heavy atom. The molecule has 1 aromatic rings. The number of carbonyl (C=O) groups excluding carboxylic acids is 1. The van der Waals surface area contributed by atoms with Gasteiger partial charge < -0.3 is 10.4 Å². The molecular formula is C21H29AlN2O5S. The lowest BCUT2D eigenvalue weighted by molar-refractivity contribution is -0.113. The van der Waals surface area contributed by atoms with Crippen LogP contribution >= 0.6 is 0 Å². The standard InChI is InChI=1S/C21H27N2O5S.Al.2H/c1-12-15(13(2)24)10-16-17(22-12)6-8-23(19(16)26)29(27,28)11-21-7-5-14(9-18(21)25)20(21,3)4;;;/h6,8,10,14,18,22,25H,5,7,9,11H2,1-4H3;;;. The number of allylic oxidation sites excluding steroid dienone is 2. The molecule has 2 aliphatic carbocycles. The number of pyridine rings is 1. The summed E-state index contributed by atoms with van der Waals surface area (Å²) in [5.41, 5.74) is 0.521. The van der Waals surface area contributed by atoms with Crippen molar-refractivity contribution in [2.45, 2.75) is 57.8 Å². The number of aliphatic hydroxyl groups is 1. The number of fused-ring (bicyclic) bond motifs is 3. The maximum atomic E-state index is 13.5. The van der Waals surface area contributed by atoms with E-state index >= 15 is 0 Å². The Labute approximate surface area is 185 Å². The van der Waals surface area contributed by atoms with Crippen molar-refractivity contribution in [3.8, 4) is 0 Å². The highest BCUT2D eigenvalue weighted by Crippen LogP contribution is 2.66. The number of hydrogen-bond donors (Lipinski definition) is 2. The zero-order valence-corrected chi connectivity index (χ0v) is 21.0. The van der Waals surface area contributed by atoms with Crippen LogP contribution in [0.5, 0.6) is 0 Å². The van der Waals surface area contributed by atoms with E-state index in [1.165, 1.54) is 13.1 Å². The lowest BCUT2D eigenvalue weighted by Crippen LogP contribution is -2.47. The van der Waals surface area contributed by atoms with E-state index in [4.69, 9.17) is 0 Å². The fourth-order valence-electron chi connectivity index (χ4n) is 6.36. The molecule has 0 spiro atoms. The van der Waals surface area contributed by atoms with E-state index in [0.29, 0.717) is 57.6 Å². The van der Waals surface area contributed by atoms with Crippen molar-refractivity contribution in [3.05, 3.63) is 39.5 Å². The maximum absolute atomic E-state index is 13.5. The zero-order valence-electron chi connectivity index (χ0n) is 18.2. The largest absolute Gasteiger partial charge is 0.392 e. The van der Waals surface area contributed by atoms with Gasteiger partial charge in [0.2, 0.25) is 26.3 Å². The fraction of sp³-hybridized carbons (Fsp3) is 0.619. The summed E-state index contributed by atoms with van der Waals surface area (Å²) < 4.78 is 27.4. The monoisotopic (exact) mass is 448 g/mol. The molecule has 2 fully saturated rings. The van der Waals surface area contributed by atoms with Crippen molar-refractivity contribution in [2.75, 3.05) is 11.1 Å². The third kappa shape index (κ3) is 2.82. The van der Waals surface area contributed by atoms with Gasteiger partial charge in [0.05, 0.1) is 11.9 Å². The van der Waals surface area contributed by atoms with Gasteiger partial charge in [-0.2, -0.15) is 0 Å². The van der Waals surface area contributed by atoms with Gasteiger partial charge in [-0.1, -0.05) is 13.8 Å². The van der Waals surface area contributed by atoms with Crippen molar-refractivity contribution in [2.24, 2.45) is 16.7 Å². The molecule has 0 amide bonds. The Bertz CT molecular complexity index is 1140. The van der Waals surface area contributed by atoms with Gasteiger partial charge in [0.25, 0.3) is 5.56 Å². The molecule has 4 unspecified atom stereocenters. The number of aromatic nitrogens is 1. The second-order valence-electron chi connectivity index (χ2n) is 9.81. The van der Waals surface area contributed by atoms with Crippen molar-refractivity contribution in [1.29, 1.82) is 0 Å². The molecule has 4 rings (SSSR count). The first kappa shape index (κ1) is 21.8. The van der Waals surface area contributed by atoms with Gasteiger partial charge in [-0.3, -0.25) is 9.59 Å². The summed E-state index contributed by atoms with van der Waals surface area (Å²) >= 11 is 0.513. The summed E-state index contributed by atoms with van der Waals surface area (Å²) in [6, 6.07) is 1.60. The molecule has 30 heavy (non-hydrogen) atoms. The average Bonchev–Trinajstić information content (AvgIpc) is 2.94. The number of rotatable bonds is 4. The van der Waals surface area contributed by atoms with Crippen LogP contribution in [0.15, 0.2) is 28.3 Å². The van der Waals surface area contributed by atoms with Gasteiger partial charge in [-0.05, 0) is 55.3 Å². The van der Waals surface area contributed by atoms with Crippen LogP contribution in [0.2, 0.25) is 0 Å². The molecule has 0 saturated heterocycles. The van der Waals surface area contributed by atoms with Crippen molar-refractivity contribution in [1.82, 2.24) is 3.97 Å². The first-order valence-electron chi connectivity index (χ1n) is 10.5. The zero-order chi connectivity index (χ0) is 22.2. The molecule has 0 aromatic carbocycles. The molecule has 0 radical (unpaired) electrons. The van der Waals surface area contributed by atoms with Crippen molar-refractivity contribution in [3.63, 3.8) is 0 Å². The molecule has 7 nitrogen and oxygen atoms in total. The Morgan fingerprint density at radius 2 is 2.07 bits per heavy atom. The lowest BCUT2D eigenvalue weighted by Gasteiger charge is -2.40. The predicted molar refractivity (Wildman–Crippen MR) is 118 cm³/mol. The fourth-order valence-corrected chi connectivity index (χ4v) is 9.86. The lowest BCUT2D eigenvalue weighted by atomic mass is 9.70. The van der Waals surface area contributed by atoms with E-state index in [2.05, 4.69) is 5.32 Å². The molecule has 2 bridgehead atoms. The second kappa shape index (κ2) is 6.80. The number of hydrogen-bond acceptors (Lipinski definition) is 6. The summed E-state index contributed by atoms with van der Waals surface area (Å²) in [5, 5.41) is 13.8. The SMILES string of the molecule is CC(=O)C1=C(C)Nc2ccn(S(=O)(=O)CC34CCC(CC3O)C4(C)C)c(=O)c2[CH]1[AlH2]. The number of nitrogens with one attached hydrogen (secondary N) is 1. The highest BCUT2D eigenvalue weighted by molar-refractivity contribution is 7.89. The third-order valence-corrected chi connectivity index (χ3v) is 11.1. The number of anilines is 1. The Balaban J connectivity index is 1.79. The van der Waals surface area contributed by atoms with E-state index < -0.39 is 27.1 Å². The highest BCUT2D eigenvalue weighted by Gasteiger charge is 2.65. The minimum absolute atomic E-state index is 0.116. The molecule has 1 aromatic heterocycles. The molecule has 9 heteroatoms. The van der Waals surface area contributed by atoms with E-state index in [9.17, 15) is 23.1 Å². The molecule has 162 valence electrons. The number of ketones is 1. The summed E-state index contributed by atoms with van der Waals surface area (Å²) in [5.74, 6) is -0.0729. The van der Waals surface area contributed by atoms with E-state index in [1.807, 2.05) is 13.8 Å². The van der Waals surface area contributed by atoms with Gasteiger partial charge in [-0.15, -0.1) is 0 Å². The maximum Gasteiger partial charge on any atom is 0.268 e. The van der Waals surface area contributed by atoms with Crippen LogP contribution < -0.4 is 10.9 Å². The van der Waals surface area contributed by atoms with Gasteiger partial charge in [0, 0.05) is 34.1 Å². The van der Waals surface area contributed by atoms with Gasteiger partial charge in [0.1, 0.15) is 0 Å². The predicted octanol–water partition coefficient (Wildman–Crippen LogP) is 1.18. The molecular weight excluding hydrogens is 419 g/mol. The van der Waals surface area contributed by atoms with Crippen LogP contribution in [0.1, 0.15) is 57.3 Å². The number of Topliss-reactive ketones (excluding diaryl/α,β-unsaturated/α-hetero) is 1. The molecule has 2 heterocycles. The first-order chi connectivity index (χ1) is 13.8. The van der Waals surface area contributed by atoms with Gasteiger partial charge >= 0.3 is 0 Å². The Kier molecular flexibility index (Phi) is 4.94. The summed E-state index contributed by atoms with van der Waals surface area (Å²) in [7, 11) is -4.00. The van der Waals surface area contributed by atoms with Crippen LogP contribution in [-0.2, 0) is 14.8 Å². The second-order valence-corrected chi connectivity index (χ2v) is 12.8. The number of nitrogens with zero attached hydrogens (tertiary/aromatic N) is 1. The van der Waals surface area contributed by atoms with E-state index in [0.717, 1.165) is 10.4 Å². The third-order valence-electron chi connectivity index (χ3n) is 8.20. The van der Waals surface area contributed by atoms with Gasteiger partial charge in [0.15, 0.2) is 5.78 Å². The minimum Gasteiger partial charge on any atom is -0.392 e. The highest BCUT2D eigenvalue weighted by atomic mass is 32.2. The molecule has 2 saturated carbocycles. The summed E-state index contributed by atoms with van der Waals surface area (Å²) in [6.45, 7) is 7.34. The van der Waals surface area contributed by atoms with Crippen LogP contribution in [0.3, 0.4) is 0 Å². The number of carbonyl (C=O) groups is 1. The molecule has 3 aliphatic rings. The topological polar surface area (TPSA) is 105 Å². The van der Waals surface area contributed by atoms with E-state index in [1.54, 1.807) is 13.0 Å². The molecule has 4 atom stereocenters. The summed E-state index contributed by atoms with van der Waals surface area (Å²) in [6.07, 6.45) is 2.78. The van der Waals surface area contributed by atoms with E-state index in [-0.39, 0.29) is 21.7 Å². The van der Waals surface area contributed by atoms with Crippen LogP contribution in [0, 0.1) is 16.7 Å². The van der Waals surface area contributed by atoms with Crippen LogP contribution in [0.25, 0.3) is 0 Å². The Morgan fingerprint density at radius 3 is 2.60 bits per heavy atom. The van der Waals surface area contributed by atoms with Crippen LogP contribution in [-0.4, -0.2) is 51.4 Å². The number of aliphatic hydroxyl groups excluding tert-OH is 1. The normalized spacial score (nSPS) is 32.1. The first-order valence-corrected chi connectivity index (χ1v) is 13.3. The summed E-state index contributed by atoms with van der Waals surface area (Å²) in [4.78, 5) is 25.5. The van der Waals surface area contributed by atoms with Crippen LogP contribution in [0.4, 0.5) is 5.69 Å². The average molecular weight is 449 g/mol. The Hall–Kier alpha value is -1.40.